The molecule has 0 spiro atoms. The third-order valence-corrected chi connectivity index (χ3v) is 8.80. The summed E-state index contributed by atoms with van der Waals surface area (Å²) >= 11 is 0. The van der Waals surface area contributed by atoms with Crippen LogP contribution in [0.3, 0.4) is 0 Å². The van der Waals surface area contributed by atoms with Crippen LogP contribution >= 0.6 is 0 Å². The van der Waals surface area contributed by atoms with Gasteiger partial charge in [0.2, 0.25) is 0 Å². The molecule has 1 aliphatic carbocycles. The SMILES string of the molecule is O[B]c1cccc2c1oc1c(-c3ccc(N(c4ccc(C5=CC=CCC=C5)cc4)c4ccc(-c5ccccc5)cc4)cc3)cccc12. The smallest absolute Gasteiger partial charge is 0.330 e. The fourth-order valence-electron chi connectivity index (χ4n) is 6.42. The van der Waals surface area contributed by atoms with Gasteiger partial charge in [0.05, 0.1) is 0 Å². The number of fused-ring (bicyclic) bond motifs is 3. The average molecular weight is 605 g/mol. The molecular weight excluding hydrogens is 573 g/mol. The molecule has 0 unspecified atom stereocenters. The van der Waals surface area contributed by atoms with Gasteiger partial charge in [0.15, 0.2) is 0 Å². The highest BCUT2D eigenvalue weighted by molar-refractivity contribution is 6.50. The zero-order valence-electron chi connectivity index (χ0n) is 25.8. The molecule has 8 rings (SSSR count). The number of anilines is 3. The highest BCUT2D eigenvalue weighted by Crippen LogP contribution is 2.39. The average Bonchev–Trinajstić information content (AvgIpc) is 3.31. The maximum absolute atomic E-state index is 9.79. The minimum Gasteiger partial charge on any atom is -0.456 e. The van der Waals surface area contributed by atoms with Gasteiger partial charge in [-0.2, -0.15) is 0 Å². The molecule has 47 heavy (non-hydrogen) atoms. The maximum Gasteiger partial charge on any atom is 0.330 e. The molecule has 1 N–H and O–H groups in total. The Bertz CT molecular complexity index is 2280. The zero-order chi connectivity index (χ0) is 31.6. The summed E-state index contributed by atoms with van der Waals surface area (Å²) in [7, 11) is 1.11. The summed E-state index contributed by atoms with van der Waals surface area (Å²) in [6.07, 6.45) is 11.8. The molecule has 6 aromatic carbocycles. The number of allylic oxidation sites excluding steroid dienone is 6. The molecule has 3 nitrogen and oxygen atoms in total. The molecule has 0 atom stereocenters. The van der Waals surface area contributed by atoms with Crippen molar-refractivity contribution in [3.8, 4) is 22.3 Å². The minimum atomic E-state index is 0.669. The summed E-state index contributed by atoms with van der Waals surface area (Å²) in [5.74, 6) is 0. The second kappa shape index (κ2) is 12.5. The van der Waals surface area contributed by atoms with Gasteiger partial charge in [-0.25, -0.2) is 0 Å². The summed E-state index contributed by atoms with van der Waals surface area (Å²) in [6.45, 7) is 0. The van der Waals surface area contributed by atoms with Crippen LogP contribution in [-0.4, -0.2) is 12.5 Å². The van der Waals surface area contributed by atoms with Crippen LogP contribution in [0.15, 0.2) is 174 Å². The van der Waals surface area contributed by atoms with Crippen LogP contribution in [0, 0.1) is 0 Å². The molecule has 223 valence electrons. The van der Waals surface area contributed by atoms with Crippen LogP contribution in [0.25, 0.3) is 49.8 Å². The van der Waals surface area contributed by atoms with Crippen molar-refractivity contribution in [1.29, 1.82) is 0 Å². The van der Waals surface area contributed by atoms with Crippen LogP contribution in [-0.2, 0) is 0 Å². The Morgan fingerprint density at radius 1 is 0.532 bits per heavy atom. The topological polar surface area (TPSA) is 36.6 Å². The molecule has 1 aliphatic rings. The molecule has 1 aromatic heterocycles. The largest absolute Gasteiger partial charge is 0.456 e. The maximum atomic E-state index is 9.79. The Hall–Kier alpha value is -5.84. The Balaban J connectivity index is 1.19. The number of rotatable bonds is 7. The summed E-state index contributed by atoms with van der Waals surface area (Å²) in [5.41, 5.74) is 12.2. The van der Waals surface area contributed by atoms with Crippen molar-refractivity contribution in [3.63, 3.8) is 0 Å². The lowest BCUT2D eigenvalue weighted by molar-refractivity contribution is 0.613. The van der Waals surface area contributed by atoms with E-state index in [9.17, 15) is 5.02 Å². The van der Waals surface area contributed by atoms with Gasteiger partial charge in [-0.1, -0.05) is 134 Å². The number of hydrogen-bond donors (Lipinski definition) is 1. The monoisotopic (exact) mass is 604 g/mol. The summed E-state index contributed by atoms with van der Waals surface area (Å²) in [5, 5.41) is 11.8. The van der Waals surface area contributed by atoms with E-state index in [1.165, 1.54) is 22.3 Å². The zero-order valence-corrected chi connectivity index (χ0v) is 25.8. The molecular formula is C43H31BNO2. The highest BCUT2D eigenvalue weighted by atomic mass is 16.3. The van der Waals surface area contributed by atoms with Crippen molar-refractivity contribution in [3.05, 3.63) is 175 Å². The minimum absolute atomic E-state index is 0.669. The van der Waals surface area contributed by atoms with Crippen molar-refractivity contribution < 1.29 is 9.44 Å². The van der Waals surface area contributed by atoms with E-state index in [0.29, 0.717) is 11.0 Å². The lowest BCUT2D eigenvalue weighted by Crippen LogP contribution is -2.12. The molecule has 0 amide bonds. The van der Waals surface area contributed by atoms with Gasteiger partial charge < -0.3 is 14.3 Å². The van der Waals surface area contributed by atoms with Crippen molar-refractivity contribution in [2.24, 2.45) is 0 Å². The van der Waals surface area contributed by atoms with Crippen molar-refractivity contribution in [1.82, 2.24) is 0 Å². The summed E-state index contributed by atoms with van der Waals surface area (Å²) < 4.78 is 6.38. The van der Waals surface area contributed by atoms with Crippen LogP contribution in [0.2, 0.25) is 0 Å². The van der Waals surface area contributed by atoms with Gasteiger partial charge in [-0.05, 0) is 76.1 Å². The van der Waals surface area contributed by atoms with Crippen molar-refractivity contribution >= 4 is 57.5 Å². The third kappa shape index (κ3) is 5.50. The number of furan rings is 1. The molecule has 0 fully saturated rings. The first-order valence-corrected chi connectivity index (χ1v) is 15.9. The standard InChI is InChI=1S/C43H31BNO2/c46-44-41-17-9-16-40-39-15-8-14-38(42(39)47-43(40)41)34-22-28-37(29-23-34)45(36-26-20-33(21-27-36)31-12-6-3-7-13-31)35-24-18-32(19-25-35)30-10-4-1-2-5-11-30/h1,3-29,46H,2H2. The molecule has 0 bridgehead atoms. The van der Waals surface area contributed by atoms with Gasteiger partial charge in [-0.15, -0.1) is 0 Å². The molecule has 4 heteroatoms. The molecule has 0 aliphatic heterocycles. The van der Waals surface area contributed by atoms with Crippen LogP contribution < -0.4 is 10.4 Å². The molecule has 1 heterocycles. The Morgan fingerprint density at radius 2 is 1.13 bits per heavy atom. The van der Waals surface area contributed by atoms with E-state index < -0.39 is 0 Å². The predicted octanol–water partition coefficient (Wildman–Crippen LogP) is 10.5. The van der Waals surface area contributed by atoms with Gasteiger partial charge in [0.1, 0.15) is 11.2 Å². The second-order valence-corrected chi connectivity index (χ2v) is 11.7. The van der Waals surface area contributed by atoms with Crippen LogP contribution in [0.4, 0.5) is 17.1 Å². The van der Waals surface area contributed by atoms with E-state index in [1.54, 1.807) is 0 Å². The number of hydrogen-bond acceptors (Lipinski definition) is 3. The number of benzene rings is 6. The second-order valence-electron chi connectivity index (χ2n) is 11.7. The van der Waals surface area contributed by atoms with E-state index in [4.69, 9.17) is 4.42 Å². The van der Waals surface area contributed by atoms with E-state index in [1.807, 2.05) is 24.3 Å². The first kappa shape index (κ1) is 28.6. The quantitative estimate of drug-likeness (QED) is 0.184. The van der Waals surface area contributed by atoms with E-state index in [2.05, 4.69) is 151 Å². The first-order chi connectivity index (χ1) is 23.3. The summed E-state index contributed by atoms with van der Waals surface area (Å²) in [6, 6.07) is 48.7. The van der Waals surface area contributed by atoms with Crippen LogP contribution in [0.5, 0.6) is 0 Å². The van der Waals surface area contributed by atoms with E-state index in [0.717, 1.165) is 58.4 Å². The van der Waals surface area contributed by atoms with Gasteiger partial charge in [-0.3, -0.25) is 0 Å². The number of nitrogens with zero attached hydrogens (tertiary/aromatic N) is 1. The lowest BCUT2D eigenvalue weighted by atomic mass is 9.87. The predicted molar refractivity (Wildman–Crippen MR) is 198 cm³/mol. The highest BCUT2D eigenvalue weighted by Gasteiger charge is 2.17. The fourth-order valence-corrected chi connectivity index (χ4v) is 6.42. The normalized spacial score (nSPS) is 12.7. The molecule has 0 saturated carbocycles. The van der Waals surface area contributed by atoms with Crippen molar-refractivity contribution in [2.45, 2.75) is 6.42 Å². The Labute approximate surface area is 275 Å². The Kier molecular flexibility index (Phi) is 7.62. The molecule has 0 saturated heterocycles. The van der Waals surface area contributed by atoms with E-state index in [-0.39, 0.29) is 0 Å². The molecule has 1 radical (unpaired) electrons. The summed E-state index contributed by atoms with van der Waals surface area (Å²) in [4.78, 5) is 2.30. The van der Waals surface area contributed by atoms with Gasteiger partial charge >= 0.3 is 7.48 Å². The number of para-hydroxylation sites is 2. The van der Waals surface area contributed by atoms with Crippen LogP contribution in [0.1, 0.15) is 12.0 Å². The third-order valence-electron chi connectivity index (χ3n) is 8.80. The Morgan fingerprint density at radius 3 is 1.81 bits per heavy atom. The van der Waals surface area contributed by atoms with Crippen molar-refractivity contribution in [2.75, 3.05) is 4.90 Å². The van der Waals surface area contributed by atoms with E-state index >= 15 is 0 Å². The lowest BCUT2D eigenvalue weighted by Gasteiger charge is -2.26. The first-order valence-electron chi connectivity index (χ1n) is 15.9. The van der Waals surface area contributed by atoms with Gasteiger partial charge in [0, 0.05) is 33.4 Å². The fraction of sp³-hybridized carbons (Fsp3) is 0.0233. The molecule has 7 aromatic rings. The van der Waals surface area contributed by atoms with Gasteiger partial charge in [0.25, 0.3) is 0 Å².